The smallest absolute Gasteiger partial charge is 0.411 e. The SMILES string of the molecule is NC1CC(F)CN1C(=O)OCc1ccccc1. The topological polar surface area (TPSA) is 55.6 Å². The van der Waals surface area contributed by atoms with Crippen LogP contribution in [0.4, 0.5) is 9.18 Å². The lowest BCUT2D eigenvalue weighted by molar-refractivity contribution is 0.0914. The number of rotatable bonds is 2. The number of nitrogens with zero attached hydrogens (tertiary/aromatic N) is 1. The number of nitrogens with two attached hydrogens (primary N) is 1. The molecule has 1 fully saturated rings. The molecule has 1 aliphatic heterocycles. The van der Waals surface area contributed by atoms with Crippen molar-refractivity contribution in [2.24, 2.45) is 5.73 Å². The summed E-state index contributed by atoms with van der Waals surface area (Å²) in [6.07, 6.45) is -2.00. The van der Waals surface area contributed by atoms with Crippen molar-refractivity contribution in [3.05, 3.63) is 35.9 Å². The van der Waals surface area contributed by atoms with Crippen molar-refractivity contribution >= 4 is 6.09 Å². The number of benzene rings is 1. The van der Waals surface area contributed by atoms with Crippen molar-refractivity contribution in [1.29, 1.82) is 0 Å². The van der Waals surface area contributed by atoms with Crippen LogP contribution in [0.15, 0.2) is 30.3 Å². The summed E-state index contributed by atoms with van der Waals surface area (Å²) in [5, 5.41) is 0. The highest BCUT2D eigenvalue weighted by Crippen LogP contribution is 2.18. The van der Waals surface area contributed by atoms with Crippen molar-refractivity contribution in [2.75, 3.05) is 6.54 Å². The van der Waals surface area contributed by atoms with Gasteiger partial charge >= 0.3 is 6.09 Å². The van der Waals surface area contributed by atoms with Crippen LogP contribution in [0.3, 0.4) is 0 Å². The Kier molecular flexibility index (Phi) is 3.58. The predicted molar refractivity (Wildman–Crippen MR) is 60.8 cm³/mol. The van der Waals surface area contributed by atoms with Gasteiger partial charge in [-0.15, -0.1) is 0 Å². The molecule has 92 valence electrons. The number of likely N-dealkylation sites (tertiary alicyclic amines) is 1. The zero-order valence-corrected chi connectivity index (χ0v) is 9.38. The molecule has 1 saturated heterocycles. The van der Waals surface area contributed by atoms with Gasteiger partial charge in [0.05, 0.1) is 12.7 Å². The van der Waals surface area contributed by atoms with E-state index in [-0.39, 0.29) is 19.6 Å². The van der Waals surface area contributed by atoms with Gasteiger partial charge in [-0.1, -0.05) is 30.3 Å². The van der Waals surface area contributed by atoms with Gasteiger partial charge in [0.2, 0.25) is 0 Å². The van der Waals surface area contributed by atoms with Gasteiger partial charge in [0.1, 0.15) is 12.8 Å². The number of hydrogen-bond donors (Lipinski definition) is 1. The second kappa shape index (κ2) is 5.14. The summed E-state index contributed by atoms with van der Waals surface area (Å²) in [6, 6.07) is 9.32. The third-order valence-electron chi connectivity index (χ3n) is 2.73. The van der Waals surface area contributed by atoms with E-state index in [9.17, 15) is 9.18 Å². The van der Waals surface area contributed by atoms with Gasteiger partial charge in [0, 0.05) is 6.42 Å². The van der Waals surface area contributed by atoms with Crippen molar-refractivity contribution < 1.29 is 13.9 Å². The fraction of sp³-hybridized carbons (Fsp3) is 0.417. The number of ether oxygens (including phenoxy) is 1. The minimum atomic E-state index is -1.05. The van der Waals surface area contributed by atoms with Crippen molar-refractivity contribution in [1.82, 2.24) is 4.90 Å². The first-order valence-electron chi connectivity index (χ1n) is 5.54. The zero-order valence-electron chi connectivity index (χ0n) is 9.38. The molecule has 1 aromatic carbocycles. The number of carbonyl (C=O) groups is 1. The molecule has 1 heterocycles. The summed E-state index contributed by atoms with van der Waals surface area (Å²) in [4.78, 5) is 12.9. The van der Waals surface area contributed by atoms with Crippen LogP contribution in [0.25, 0.3) is 0 Å². The average Bonchev–Trinajstić information content (AvgIpc) is 2.67. The van der Waals surface area contributed by atoms with E-state index in [4.69, 9.17) is 10.5 Å². The highest BCUT2D eigenvalue weighted by atomic mass is 19.1. The quantitative estimate of drug-likeness (QED) is 0.852. The molecule has 2 atom stereocenters. The average molecular weight is 238 g/mol. The maximum atomic E-state index is 13.0. The van der Waals surface area contributed by atoms with Crippen LogP contribution in [0, 0.1) is 0 Å². The number of hydrogen-bond acceptors (Lipinski definition) is 3. The molecule has 2 N–H and O–H groups in total. The Morgan fingerprint density at radius 3 is 2.76 bits per heavy atom. The van der Waals surface area contributed by atoms with Gasteiger partial charge in [0.15, 0.2) is 0 Å². The third-order valence-corrected chi connectivity index (χ3v) is 2.73. The molecule has 4 nitrogen and oxygen atoms in total. The molecular weight excluding hydrogens is 223 g/mol. The molecule has 0 aliphatic carbocycles. The standard InChI is InChI=1S/C12H15FN2O2/c13-10-6-11(14)15(7-10)12(16)17-8-9-4-2-1-3-5-9/h1-5,10-11H,6-8,14H2. The molecular formula is C12H15FN2O2. The predicted octanol–water partition coefficient (Wildman–Crippen LogP) is 1.65. The molecule has 1 amide bonds. The highest BCUT2D eigenvalue weighted by Gasteiger charge is 2.33. The number of amides is 1. The molecule has 0 aromatic heterocycles. The van der Waals surface area contributed by atoms with Gasteiger partial charge in [-0.25, -0.2) is 9.18 Å². The van der Waals surface area contributed by atoms with Crippen LogP contribution < -0.4 is 5.73 Å². The molecule has 0 radical (unpaired) electrons. The lowest BCUT2D eigenvalue weighted by Crippen LogP contribution is -2.41. The highest BCUT2D eigenvalue weighted by molar-refractivity contribution is 5.68. The van der Waals surface area contributed by atoms with E-state index in [0.29, 0.717) is 0 Å². The number of halogens is 1. The first-order valence-corrected chi connectivity index (χ1v) is 5.54. The summed E-state index contributed by atoms with van der Waals surface area (Å²) >= 11 is 0. The minimum absolute atomic E-state index is 0.0226. The molecule has 2 rings (SSSR count). The van der Waals surface area contributed by atoms with Gasteiger partial charge in [0.25, 0.3) is 0 Å². The van der Waals surface area contributed by atoms with Crippen LogP contribution in [0.1, 0.15) is 12.0 Å². The van der Waals surface area contributed by atoms with Crippen molar-refractivity contribution in [3.63, 3.8) is 0 Å². The van der Waals surface area contributed by atoms with Gasteiger partial charge in [-0.3, -0.25) is 4.90 Å². The lowest BCUT2D eigenvalue weighted by Gasteiger charge is -2.20. The Bertz CT molecular complexity index is 385. The summed E-state index contributed by atoms with van der Waals surface area (Å²) in [6.45, 7) is 0.203. The van der Waals surface area contributed by atoms with E-state index in [1.165, 1.54) is 4.90 Å². The number of carbonyl (C=O) groups excluding carboxylic acids is 1. The molecule has 17 heavy (non-hydrogen) atoms. The Labute approximate surface area is 99.2 Å². The first-order chi connectivity index (χ1) is 8.16. The molecule has 1 aliphatic rings. The van der Waals surface area contributed by atoms with Crippen LogP contribution in [0.2, 0.25) is 0 Å². The largest absolute Gasteiger partial charge is 0.445 e. The van der Waals surface area contributed by atoms with Gasteiger partial charge < -0.3 is 10.5 Å². The van der Waals surface area contributed by atoms with Crippen LogP contribution >= 0.6 is 0 Å². The Morgan fingerprint density at radius 2 is 2.18 bits per heavy atom. The Hall–Kier alpha value is -1.62. The maximum absolute atomic E-state index is 13.0. The van der Waals surface area contributed by atoms with E-state index < -0.39 is 18.4 Å². The van der Waals surface area contributed by atoms with Crippen molar-refractivity contribution in [2.45, 2.75) is 25.4 Å². The Balaban J connectivity index is 1.86. The van der Waals surface area contributed by atoms with Crippen LogP contribution in [-0.2, 0) is 11.3 Å². The third kappa shape index (κ3) is 2.94. The summed E-state index contributed by atoms with van der Waals surface area (Å²) in [5.74, 6) is 0. The lowest BCUT2D eigenvalue weighted by atomic mass is 10.2. The van der Waals surface area contributed by atoms with Crippen LogP contribution in [-0.4, -0.2) is 29.9 Å². The second-order valence-corrected chi connectivity index (χ2v) is 4.09. The van der Waals surface area contributed by atoms with E-state index in [1.54, 1.807) is 0 Å². The summed E-state index contributed by atoms with van der Waals surface area (Å²) in [5.41, 5.74) is 6.52. The van der Waals surface area contributed by atoms with Gasteiger partial charge in [-0.05, 0) is 5.56 Å². The van der Waals surface area contributed by atoms with E-state index >= 15 is 0 Å². The molecule has 0 saturated carbocycles. The fourth-order valence-corrected chi connectivity index (χ4v) is 1.82. The molecule has 0 spiro atoms. The monoisotopic (exact) mass is 238 g/mol. The molecule has 1 aromatic rings. The normalized spacial score (nSPS) is 23.8. The van der Waals surface area contributed by atoms with E-state index in [0.717, 1.165) is 5.56 Å². The zero-order chi connectivity index (χ0) is 12.3. The molecule has 0 bridgehead atoms. The molecule has 2 unspecified atom stereocenters. The van der Waals surface area contributed by atoms with Crippen LogP contribution in [0.5, 0.6) is 0 Å². The minimum Gasteiger partial charge on any atom is -0.445 e. The maximum Gasteiger partial charge on any atom is 0.411 e. The van der Waals surface area contributed by atoms with Crippen molar-refractivity contribution in [3.8, 4) is 0 Å². The molecule has 5 heteroatoms. The van der Waals surface area contributed by atoms with Gasteiger partial charge in [-0.2, -0.15) is 0 Å². The van der Waals surface area contributed by atoms with E-state index in [2.05, 4.69) is 0 Å². The first kappa shape index (κ1) is 11.9. The summed E-state index contributed by atoms with van der Waals surface area (Å²) < 4.78 is 18.1. The summed E-state index contributed by atoms with van der Waals surface area (Å²) in [7, 11) is 0. The second-order valence-electron chi connectivity index (χ2n) is 4.09. The number of alkyl halides is 1. The Morgan fingerprint density at radius 1 is 1.47 bits per heavy atom. The fourth-order valence-electron chi connectivity index (χ4n) is 1.82. The van der Waals surface area contributed by atoms with E-state index in [1.807, 2.05) is 30.3 Å².